The van der Waals surface area contributed by atoms with E-state index >= 15 is 0 Å². The molecule has 0 bridgehead atoms. The SMILES string of the molecule is CCNC(C)CN1CC(C)C(C)C1. The third kappa shape index (κ3) is 3.28. The van der Waals surface area contributed by atoms with Gasteiger partial charge in [0.25, 0.3) is 0 Å². The van der Waals surface area contributed by atoms with Gasteiger partial charge in [0.1, 0.15) is 0 Å². The molecule has 1 heterocycles. The van der Waals surface area contributed by atoms with Crippen molar-refractivity contribution in [2.24, 2.45) is 11.8 Å². The van der Waals surface area contributed by atoms with Gasteiger partial charge >= 0.3 is 0 Å². The summed E-state index contributed by atoms with van der Waals surface area (Å²) in [6.07, 6.45) is 0. The molecule has 0 radical (unpaired) electrons. The summed E-state index contributed by atoms with van der Waals surface area (Å²) in [5.41, 5.74) is 0. The van der Waals surface area contributed by atoms with Crippen LogP contribution in [-0.4, -0.2) is 37.1 Å². The van der Waals surface area contributed by atoms with Gasteiger partial charge in [0.15, 0.2) is 0 Å². The molecular formula is C11H24N2. The van der Waals surface area contributed by atoms with Crippen molar-refractivity contribution < 1.29 is 0 Å². The summed E-state index contributed by atoms with van der Waals surface area (Å²) < 4.78 is 0. The van der Waals surface area contributed by atoms with E-state index < -0.39 is 0 Å². The van der Waals surface area contributed by atoms with E-state index in [1.54, 1.807) is 0 Å². The van der Waals surface area contributed by atoms with E-state index in [0.29, 0.717) is 6.04 Å². The van der Waals surface area contributed by atoms with Crippen LogP contribution in [0.3, 0.4) is 0 Å². The highest BCUT2D eigenvalue weighted by Crippen LogP contribution is 2.21. The lowest BCUT2D eigenvalue weighted by atomic mass is 10.0. The fourth-order valence-electron chi connectivity index (χ4n) is 2.20. The molecule has 3 unspecified atom stereocenters. The summed E-state index contributed by atoms with van der Waals surface area (Å²) in [4.78, 5) is 2.59. The zero-order valence-electron chi connectivity index (χ0n) is 9.51. The molecule has 1 aliphatic rings. The molecule has 0 aromatic carbocycles. The standard InChI is InChI=1S/C11H24N2/c1-5-12-11(4)8-13-6-9(2)10(3)7-13/h9-12H,5-8H2,1-4H3. The van der Waals surface area contributed by atoms with Crippen molar-refractivity contribution in [1.29, 1.82) is 0 Å². The molecule has 1 aliphatic heterocycles. The predicted octanol–water partition coefficient (Wildman–Crippen LogP) is 1.57. The van der Waals surface area contributed by atoms with Gasteiger partial charge in [-0.05, 0) is 25.3 Å². The van der Waals surface area contributed by atoms with Gasteiger partial charge in [0, 0.05) is 25.7 Å². The highest BCUT2D eigenvalue weighted by Gasteiger charge is 2.26. The van der Waals surface area contributed by atoms with Crippen LogP contribution < -0.4 is 5.32 Å². The Bertz CT molecular complexity index is 137. The first-order valence-corrected chi connectivity index (χ1v) is 5.59. The molecule has 0 amide bonds. The number of likely N-dealkylation sites (N-methyl/N-ethyl adjacent to an activating group) is 1. The van der Waals surface area contributed by atoms with Crippen molar-refractivity contribution in [2.45, 2.75) is 33.7 Å². The van der Waals surface area contributed by atoms with E-state index in [9.17, 15) is 0 Å². The minimum absolute atomic E-state index is 0.641. The molecule has 13 heavy (non-hydrogen) atoms. The molecule has 2 heteroatoms. The third-order valence-corrected chi connectivity index (χ3v) is 3.15. The Hall–Kier alpha value is -0.0800. The van der Waals surface area contributed by atoms with Crippen molar-refractivity contribution in [3.63, 3.8) is 0 Å². The molecule has 1 fully saturated rings. The van der Waals surface area contributed by atoms with Gasteiger partial charge in [-0.15, -0.1) is 0 Å². The second-order valence-electron chi connectivity index (χ2n) is 4.63. The maximum Gasteiger partial charge on any atom is 0.0166 e. The van der Waals surface area contributed by atoms with E-state index in [-0.39, 0.29) is 0 Å². The van der Waals surface area contributed by atoms with Crippen LogP contribution in [0.5, 0.6) is 0 Å². The number of rotatable bonds is 4. The second kappa shape index (κ2) is 4.97. The Morgan fingerprint density at radius 2 is 1.85 bits per heavy atom. The normalized spacial score (nSPS) is 32.3. The zero-order chi connectivity index (χ0) is 9.84. The van der Waals surface area contributed by atoms with Gasteiger partial charge in [0.2, 0.25) is 0 Å². The average molecular weight is 184 g/mol. The number of hydrogen-bond donors (Lipinski definition) is 1. The first-order chi connectivity index (χ1) is 6.13. The van der Waals surface area contributed by atoms with E-state index in [1.165, 1.54) is 19.6 Å². The van der Waals surface area contributed by atoms with Gasteiger partial charge in [-0.2, -0.15) is 0 Å². The number of hydrogen-bond acceptors (Lipinski definition) is 2. The Labute approximate surface area is 82.7 Å². The highest BCUT2D eigenvalue weighted by molar-refractivity contribution is 4.80. The fraction of sp³-hybridized carbons (Fsp3) is 1.00. The third-order valence-electron chi connectivity index (χ3n) is 3.15. The topological polar surface area (TPSA) is 15.3 Å². The molecule has 0 aliphatic carbocycles. The largest absolute Gasteiger partial charge is 0.313 e. The van der Waals surface area contributed by atoms with Crippen LogP contribution in [0.25, 0.3) is 0 Å². The van der Waals surface area contributed by atoms with E-state index in [1.807, 2.05) is 0 Å². The molecule has 3 atom stereocenters. The van der Waals surface area contributed by atoms with Crippen LogP contribution in [0.4, 0.5) is 0 Å². The van der Waals surface area contributed by atoms with Crippen molar-refractivity contribution >= 4 is 0 Å². The lowest BCUT2D eigenvalue weighted by molar-refractivity contribution is 0.289. The van der Waals surface area contributed by atoms with E-state index in [2.05, 4.69) is 37.9 Å². The molecule has 0 spiro atoms. The minimum Gasteiger partial charge on any atom is -0.313 e. The lowest BCUT2D eigenvalue weighted by Crippen LogP contribution is -2.38. The Morgan fingerprint density at radius 1 is 1.31 bits per heavy atom. The number of nitrogens with zero attached hydrogens (tertiary/aromatic N) is 1. The van der Waals surface area contributed by atoms with Crippen molar-refractivity contribution in [3.8, 4) is 0 Å². The summed E-state index contributed by atoms with van der Waals surface area (Å²) in [6, 6.07) is 0.641. The number of likely N-dealkylation sites (tertiary alicyclic amines) is 1. The van der Waals surface area contributed by atoms with Crippen LogP contribution in [0.15, 0.2) is 0 Å². The zero-order valence-corrected chi connectivity index (χ0v) is 9.51. The van der Waals surface area contributed by atoms with Gasteiger partial charge in [-0.1, -0.05) is 20.8 Å². The quantitative estimate of drug-likeness (QED) is 0.713. The Morgan fingerprint density at radius 3 is 2.31 bits per heavy atom. The van der Waals surface area contributed by atoms with Crippen molar-refractivity contribution in [3.05, 3.63) is 0 Å². The first-order valence-electron chi connectivity index (χ1n) is 5.59. The maximum atomic E-state index is 3.46. The van der Waals surface area contributed by atoms with Gasteiger partial charge in [-0.25, -0.2) is 0 Å². The summed E-state index contributed by atoms with van der Waals surface area (Å²) in [5.74, 6) is 1.77. The van der Waals surface area contributed by atoms with E-state index in [0.717, 1.165) is 18.4 Å². The molecule has 0 saturated carbocycles. The van der Waals surface area contributed by atoms with Gasteiger partial charge in [0.05, 0.1) is 0 Å². The molecule has 0 aromatic heterocycles. The molecule has 78 valence electrons. The molecular weight excluding hydrogens is 160 g/mol. The van der Waals surface area contributed by atoms with Gasteiger partial charge < -0.3 is 10.2 Å². The van der Waals surface area contributed by atoms with Crippen LogP contribution in [0, 0.1) is 11.8 Å². The van der Waals surface area contributed by atoms with Crippen LogP contribution in [0.2, 0.25) is 0 Å². The van der Waals surface area contributed by atoms with Crippen LogP contribution in [0.1, 0.15) is 27.7 Å². The molecule has 0 aromatic rings. The van der Waals surface area contributed by atoms with Crippen LogP contribution in [-0.2, 0) is 0 Å². The predicted molar refractivity (Wildman–Crippen MR) is 57.9 cm³/mol. The smallest absolute Gasteiger partial charge is 0.0166 e. The second-order valence-corrected chi connectivity index (χ2v) is 4.63. The maximum absolute atomic E-state index is 3.46. The summed E-state index contributed by atoms with van der Waals surface area (Å²) >= 11 is 0. The number of nitrogens with one attached hydrogen (secondary N) is 1. The summed E-state index contributed by atoms with van der Waals surface area (Å²) in [6.45, 7) is 14.0. The monoisotopic (exact) mass is 184 g/mol. The molecule has 1 rings (SSSR count). The minimum atomic E-state index is 0.641. The Kier molecular flexibility index (Phi) is 4.20. The van der Waals surface area contributed by atoms with Crippen molar-refractivity contribution in [1.82, 2.24) is 10.2 Å². The molecule has 1 N–H and O–H groups in total. The first kappa shape index (κ1) is 11.0. The summed E-state index contributed by atoms with van der Waals surface area (Å²) in [7, 11) is 0. The highest BCUT2D eigenvalue weighted by atomic mass is 15.2. The molecule has 1 saturated heterocycles. The average Bonchev–Trinajstić information content (AvgIpc) is 2.31. The van der Waals surface area contributed by atoms with Crippen LogP contribution >= 0.6 is 0 Å². The Balaban J connectivity index is 2.23. The van der Waals surface area contributed by atoms with E-state index in [4.69, 9.17) is 0 Å². The van der Waals surface area contributed by atoms with Gasteiger partial charge in [-0.3, -0.25) is 0 Å². The fourth-order valence-corrected chi connectivity index (χ4v) is 2.20. The summed E-state index contributed by atoms with van der Waals surface area (Å²) in [5, 5.41) is 3.46. The lowest BCUT2D eigenvalue weighted by Gasteiger charge is -2.21. The molecule has 2 nitrogen and oxygen atoms in total. The van der Waals surface area contributed by atoms with Crippen molar-refractivity contribution in [2.75, 3.05) is 26.2 Å².